The van der Waals surface area contributed by atoms with E-state index in [1.807, 2.05) is 18.2 Å². The Morgan fingerprint density at radius 2 is 0.926 bits per heavy atom. The van der Waals surface area contributed by atoms with Gasteiger partial charge in [0.2, 0.25) is 0 Å². The smallest absolute Gasteiger partial charge is 0.123 e. The summed E-state index contributed by atoms with van der Waals surface area (Å²) in [5.74, 6) is 1.87. The Labute approximate surface area is 162 Å². The summed E-state index contributed by atoms with van der Waals surface area (Å²) < 4.78 is 12.3. The molecule has 0 heterocycles. The molecule has 0 aromatic heterocycles. The molecule has 140 valence electrons. The van der Waals surface area contributed by atoms with E-state index in [-0.39, 0.29) is 18.1 Å². The van der Waals surface area contributed by atoms with Crippen LogP contribution in [-0.2, 0) is 0 Å². The van der Waals surface area contributed by atoms with E-state index in [0.29, 0.717) is 0 Å². The van der Waals surface area contributed by atoms with Crippen molar-refractivity contribution in [2.45, 2.75) is 45.8 Å². The Kier molecular flexibility index (Phi) is 6.18. The molecule has 3 aromatic rings. The first-order valence-electron chi connectivity index (χ1n) is 9.62. The predicted octanol–water partition coefficient (Wildman–Crippen LogP) is 6.44. The summed E-state index contributed by atoms with van der Waals surface area (Å²) in [6.45, 7) is 8.24. The van der Waals surface area contributed by atoms with Gasteiger partial charge in [0, 0.05) is 17.0 Å². The minimum atomic E-state index is 0.0381. The highest BCUT2D eigenvalue weighted by atomic mass is 16.5. The largest absolute Gasteiger partial charge is 0.491 e. The van der Waals surface area contributed by atoms with E-state index in [1.54, 1.807) is 0 Å². The Bertz CT molecular complexity index is 799. The van der Waals surface area contributed by atoms with Crippen LogP contribution in [0.4, 0.5) is 0 Å². The summed E-state index contributed by atoms with van der Waals surface area (Å²) in [7, 11) is 0. The standard InChI is InChI=1S/C25H28O2/c1-18(2)26-23-16-10-8-14-21(23)25(20-12-6-5-7-13-20)22-15-9-11-17-24(22)27-19(3)4/h5-19,25H,1-4H3. The van der Waals surface area contributed by atoms with Crippen molar-refractivity contribution in [2.75, 3.05) is 0 Å². The lowest BCUT2D eigenvalue weighted by Gasteiger charge is -2.25. The Morgan fingerprint density at radius 1 is 0.519 bits per heavy atom. The number of hydrogen-bond acceptors (Lipinski definition) is 2. The van der Waals surface area contributed by atoms with E-state index in [2.05, 4.69) is 88.4 Å². The molecule has 0 N–H and O–H groups in total. The van der Waals surface area contributed by atoms with Gasteiger partial charge in [0.15, 0.2) is 0 Å². The summed E-state index contributed by atoms with van der Waals surface area (Å²) in [4.78, 5) is 0. The van der Waals surface area contributed by atoms with Crippen molar-refractivity contribution in [1.82, 2.24) is 0 Å². The second-order valence-electron chi connectivity index (χ2n) is 7.25. The lowest BCUT2D eigenvalue weighted by atomic mass is 9.84. The number of para-hydroxylation sites is 2. The minimum absolute atomic E-state index is 0.0381. The molecule has 3 rings (SSSR count). The van der Waals surface area contributed by atoms with Crippen LogP contribution in [0, 0.1) is 0 Å². The molecule has 2 heteroatoms. The molecule has 0 amide bonds. The number of ether oxygens (including phenoxy) is 2. The van der Waals surface area contributed by atoms with Crippen LogP contribution in [0.5, 0.6) is 11.5 Å². The summed E-state index contributed by atoms with van der Waals surface area (Å²) in [5, 5.41) is 0. The van der Waals surface area contributed by atoms with Crippen LogP contribution in [-0.4, -0.2) is 12.2 Å². The first-order valence-corrected chi connectivity index (χ1v) is 9.62. The van der Waals surface area contributed by atoms with E-state index >= 15 is 0 Å². The zero-order valence-electron chi connectivity index (χ0n) is 16.6. The van der Waals surface area contributed by atoms with Gasteiger partial charge in [-0.15, -0.1) is 0 Å². The van der Waals surface area contributed by atoms with Crippen LogP contribution in [0.3, 0.4) is 0 Å². The second kappa shape index (κ2) is 8.77. The Morgan fingerprint density at radius 3 is 1.37 bits per heavy atom. The average Bonchev–Trinajstić information content (AvgIpc) is 2.65. The van der Waals surface area contributed by atoms with Crippen molar-refractivity contribution in [2.24, 2.45) is 0 Å². The second-order valence-corrected chi connectivity index (χ2v) is 7.25. The van der Waals surface area contributed by atoms with Crippen molar-refractivity contribution >= 4 is 0 Å². The fraction of sp³-hybridized carbons (Fsp3) is 0.280. The molecule has 27 heavy (non-hydrogen) atoms. The van der Waals surface area contributed by atoms with Gasteiger partial charge in [-0.25, -0.2) is 0 Å². The lowest BCUT2D eigenvalue weighted by Crippen LogP contribution is -2.13. The maximum Gasteiger partial charge on any atom is 0.123 e. The van der Waals surface area contributed by atoms with Crippen LogP contribution >= 0.6 is 0 Å². The first-order chi connectivity index (χ1) is 13.1. The molecule has 0 aliphatic heterocycles. The average molecular weight is 360 g/mol. The number of benzene rings is 3. The third-order valence-corrected chi connectivity index (χ3v) is 4.32. The molecule has 0 saturated carbocycles. The zero-order valence-corrected chi connectivity index (χ0v) is 16.6. The van der Waals surface area contributed by atoms with Gasteiger partial charge in [0.05, 0.1) is 12.2 Å². The quantitative estimate of drug-likeness (QED) is 0.451. The van der Waals surface area contributed by atoms with Crippen LogP contribution in [0.15, 0.2) is 78.9 Å². The molecule has 2 nitrogen and oxygen atoms in total. The summed E-state index contributed by atoms with van der Waals surface area (Å²) in [6, 6.07) is 27.2. The molecule has 0 atom stereocenters. The van der Waals surface area contributed by atoms with E-state index < -0.39 is 0 Å². The molecule has 0 radical (unpaired) electrons. The van der Waals surface area contributed by atoms with E-state index in [0.717, 1.165) is 22.6 Å². The van der Waals surface area contributed by atoms with Gasteiger partial charge >= 0.3 is 0 Å². The van der Waals surface area contributed by atoms with Crippen molar-refractivity contribution in [3.8, 4) is 11.5 Å². The highest BCUT2D eigenvalue weighted by Crippen LogP contribution is 2.41. The third kappa shape index (κ3) is 4.71. The fourth-order valence-electron chi connectivity index (χ4n) is 3.33. The van der Waals surface area contributed by atoms with Gasteiger partial charge in [-0.1, -0.05) is 66.7 Å². The summed E-state index contributed by atoms with van der Waals surface area (Å²) in [5.41, 5.74) is 3.52. The van der Waals surface area contributed by atoms with E-state index in [4.69, 9.17) is 9.47 Å². The minimum Gasteiger partial charge on any atom is -0.491 e. The first kappa shape index (κ1) is 19.0. The molecule has 0 unspecified atom stereocenters. The molecule has 3 aromatic carbocycles. The van der Waals surface area contributed by atoms with Crippen LogP contribution in [0.2, 0.25) is 0 Å². The van der Waals surface area contributed by atoms with Crippen molar-refractivity contribution in [3.05, 3.63) is 95.6 Å². The summed E-state index contributed by atoms with van der Waals surface area (Å²) >= 11 is 0. The van der Waals surface area contributed by atoms with Crippen molar-refractivity contribution in [1.29, 1.82) is 0 Å². The van der Waals surface area contributed by atoms with Gasteiger partial charge in [-0.3, -0.25) is 0 Å². The molecule has 0 bridgehead atoms. The van der Waals surface area contributed by atoms with Gasteiger partial charge in [0.1, 0.15) is 11.5 Å². The molecule has 0 aliphatic carbocycles. The molecule has 0 aliphatic rings. The number of rotatable bonds is 7. The molecular formula is C25H28O2. The Hall–Kier alpha value is -2.74. The maximum absolute atomic E-state index is 6.15. The monoisotopic (exact) mass is 360 g/mol. The molecule has 0 fully saturated rings. The van der Waals surface area contributed by atoms with Gasteiger partial charge in [0.25, 0.3) is 0 Å². The maximum atomic E-state index is 6.15. The van der Waals surface area contributed by atoms with E-state index in [9.17, 15) is 0 Å². The lowest BCUT2D eigenvalue weighted by molar-refractivity contribution is 0.236. The van der Waals surface area contributed by atoms with Crippen LogP contribution < -0.4 is 9.47 Å². The SMILES string of the molecule is CC(C)Oc1ccccc1C(c1ccccc1)c1ccccc1OC(C)C. The van der Waals surface area contributed by atoms with Crippen molar-refractivity contribution in [3.63, 3.8) is 0 Å². The fourth-order valence-corrected chi connectivity index (χ4v) is 3.33. The molecule has 0 saturated heterocycles. The normalized spacial score (nSPS) is 11.2. The van der Waals surface area contributed by atoms with E-state index in [1.165, 1.54) is 5.56 Å². The van der Waals surface area contributed by atoms with Gasteiger partial charge in [-0.05, 0) is 45.4 Å². The number of hydrogen-bond donors (Lipinski definition) is 0. The highest BCUT2D eigenvalue weighted by Gasteiger charge is 2.24. The molecular weight excluding hydrogens is 332 g/mol. The topological polar surface area (TPSA) is 18.5 Å². The Balaban J connectivity index is 2.19. The van der Waals surface area contributed by atoms with Crippen LogP contribution in [0.25, 0.3) is 0 Å². The van der Waals surface area contributed by atoms with Crippen LogP contribution in [0.1, 0.15) is 50.3 Å². The predicted molar refractivity (Wildman–Crippen MR) is 112 cm³/mol. The molecule has 0 spiro atoms. The van der Waals surface area contributed by atoms with Crippen molar-refractivity contribution < 1.29 is 9.47 Å². The zero-order chi connectivity index (χ0) is 19.2. The third-order valence-electron chi connectivity index (χ3n) is 4.32. The van der Waals surface area contributed by atoms with Gasteiger partial charge < -0.3 is 9.47 Å². The summed E-state index contributed by atoms with van der Waals surface area (Å²) in [6.07, 6.45) is 0.231. The van der Waals surface area contributed by atoms with Gasteiger partial charge in [-0.2, -0.15) is 0 Å². The highest BCUT2D eigenvalue weighted by molar-refractivity contribution is 5.53.